The first-order valence-electron chi connectivity index (χ1n) is 7.57. The first kappa shape index (κ1) is 18.3. The number of hydrogen-bond acceptors (Lipinski definition) is 7. The van der Waals surface area contributed by atoms with Gasteiger partial charge in [0.2, 0.25) is 11.6 Å². The lowest BCUT2D eigenvalue weighted by molar-refractivity contribution is -0.0592. The van der Waals surface area contributed by atoms with Gasteiger partial charge in [0.15, 0.2) is 6.23 Å². The molecule has 0 unspecified atom stereocenters. The quantitative estimate of drug-likeness (QED) is 0.503. The zero-order chi connectivity index (χ0) is 18.8. The van der Waals surface area contributed by atoms with Gasteiger partial charge < -0.3 is 25.8 Å². The van der Waals surface area contributed by atoms with Crippen molar-refractivity contribution in [1.82, 2.24) is 14.8 Å². The molecule has 1 amide bonds. The predicted octanol–water partition coefficient (Wildman–Crippen LogP) is -0.958. The molecule has 1 aliphatic rings. The standard InChI is InChI=1S/C16H15ClN4O5/c17-9-4-1-8(2-5-9)3-6-11-19-15(14(18)25)20-21(11)16-13(24)12(23)10(7-22)26-16/h1-2,4-5,10,12-13,16,22-24H,7H2,(H2,18,25)/t10-,12-,13-,16-/m1/s1. The van der Waals surface area contributed by atoms with Gasteiger partial charge in [0.05, 0.1) is 6.61 Å². The molecule has 4 atom stereocenters. The fraction of sp³-hybridized carbons (Fsp3) is 0.312. The van der Waals surface area contributed by atoms with E-state index in [2.05, 4.69) is 21.9 Å². The fourth-order valence-corrected chi connectivity index (χ4v) is 2.56. The van der Waals surface area contributed by atoms with E-state index in [4.69, 9.17) is 22.1 Å². The van der Waals surface area contributed by atoms with Crippen molar-refractivity contribution in [2.75, 3.05) is 6.61 Å². The van der Waals surface area contributed by atoms with Gasteiger partial charge >= 0.3 is 0 Å². The molecule has 0 bridgehead atoms. The maximum absolute atomic E-state index is 11.4. The number of carbonyl (C=O) groups is 1. The summed E-state index contributed by atoms with van der Waals surface area (Å²) in [5, 5.41) is 33.7. The predicted molar refractivity (Wildman–Crippen MR) is 89.0 cm³/mol. The number of carbonyl (C=O) groups excluding carboxylic acids is 1. The van der Waals surface area contributed by atoms with Crippen molar-refractivity contribution in [2.24, 2.45) is 5.73 Å². The number of aliphatic hydroxyl groups excluding tert-OH is 3. The summed E-state index contributed by atoms with van der Waals surface area (Å²) in [6, 6.07) is 6.71. The van der Waals surface area contributed by atoms with Crippen LogP contribution in [-0.2, 0) is 4.74 Å². The van der Waals surface area contributed by atoms with Gasteiger partial charge in [0, 0.05) is 10.6 Å². The Hall–Kier alpha value is -2.48. The Balaban J connectivity index is 1.98. The largest absolute Gasteiger partial charge is 0.394 e. The van der Waals surface area contributed by atoms with Crippen LogP contribution in [0.2, 0.25) is 5.02 Å². The summed E-state index contributed by atoms with van der Waals surface area (Å²) in [4.78, 5) is 15.3. The average molecular weight is 379 g/mol. The molecule has 1 aliphatic heterocycles. The normalized spacial score (nSPS) is 24.9. The van der Waals surface area contributed by atoms with Gasteiger partial charge in [-0.3, -0.25) is 4.79 Å². The molecule has 26 heavy (non-hydrogen) atoms. The van der Waals surface area contributed by atoms with Gasteiger partial charge in [-0.15, -0.1) is 5.10 Å². The molecule has 2 heterocycles. The molecule has 0 radical (unpaired) electrons. The lowest BCUT2D eigenvalue weighted by Crippen LogP contribution is -2.33. The summed E-state index contributed by atoms with van der Waals surface area (Å²) in [5.41, 5.74) is 5.83. The molecule has 1 fully saturated rings. The van der Waals surface area contributed by atoms with E-state index in [-0.39, 0.29) is 11.6 Å². The number of rotatable bonds is 3. The molecule has 5 N–H and O–H groups in total. The summed E-state index contributed by atoms with van der Waals surface area (Å²) in [6.45, 7) is -0.502. The van der Waals surface area contributed by atoms with Crippen molar-refractivity contribution in [1.29, 1.82) is 0 Å². The van der Waals surface area contributed by atoms with Gasteiger partial charge in [-0.05, 0) is 30.2 Å². The highest BCUT2D eigenvalue weighted by atomic mass is 35.5. The molecule has 1 saturated heterocycles. The maximum Gasteiger partial charge on any atom is 0.288 e. The molecule has 1 aromatic carbocycles. The van der Waals surface area contributed by atoms with Crippen LogP contribution in [0.3, 0.4) is 0 Å². The van der Waals surface area contributed by atoms with Crippen LogP contribution in [0, 0.1) is 11.8 Å². The summed E-state index contributed by atoms with van der Waals surface area (Å²) in [6.07, 6.45) is -4.92. The molecule has 0 saturated carbocycles. The van der Waals surface area contributed by atoms with Crippen molar-refractivity contribution >= 4 is 17.5 Å². The van der Waals surface area contributed by atoms with E-state index in [1.54, 1.807) is 24.3 Å². The number of ether oxygens (including phenoxy) is 1. The SMILES string of the molecule is NC(=O)c1nc(C#Cc2ccc(Cl)cc2)n([C@@H]2O[C@H](CO)[C@@H](O)[C@H]2O)n1. The highest BCUT2D eigenvalue weighted by Gasteiger charge is 2.44. The first-order chi connectivity index (χ1) is 12.4. The minimum atomic E-state index is -1.40. The van der Waals surface area contributed by atoms with Gasteiger partial charge in [0.25, 0.3) is 5.91 Å². The second kappa shape index (κ2) is 7.41. The number of nitrogens with zero attached hydrogens (tertiary/aromatic N) is 3. The number of amides is 1. The Labute approximate surface area is 153 Å². The molecule has 0 aliphatic carbocycles. The minimum absolute atomic E-state index is 0.00332. The third-order valence-corrected chi connectivity index (χ3v) is 4.02. The molecule has 10 heteroatoms. The molecule has 136 valence electrons. The lowest BCUT2D eigenvalue weighted by atomic mass is 10.1. The van der Waals surface area contributed by atoms with E-state index in [0.29, 0.717) is 10.6 Å². The second-order valence-electron chi connectivity index (χ2n) is 5.55. The zero-order valence-electron chi connectivity index (χ0n) is 13.3. The average Bonchev–Trinajstić information content (AvgIpc) is 3.16. The van der Waals surface area contributed by atoms with E-state index in [0.717, 1.165) is 4.68 Å². The Morgan fingerprint density at radius 2 is 1.96 bits per heavy atom. The smallest absolute Gasteiger partial charge is 0.288 e. The van der Waals surface area contributed by atoms with Crippen molar-refractivity contribution in [2.45, 2.75) is 24.5 Å². The number of hydrogen-bond donors (Lipinski definition) is 4. The number of benzene rings is 1. The molecule has 2 aromatic rings. The van der Waals surface area contributed by atoms with Crippen LogP contribution < -0.4 is 5.73 Å². The van der Waals surface area contributed by atoms with Crippen LogP contribution >= 0.6 is 11.6 Å². The zero-order valence-corrected chi connectivity index (χ0v) is 14.0. The van der Waals surface area contributed by atoms with Crippen molar-refractivity contribution in [3.63, 3.8) is 0 Å². The van der Waals surface area contributed by atoms with Gasteiger partial charge in [-0.25, -0.2) is 4.68 Å². The Morgan fingerprint density at radius 1 is 1.27 bits per heavy atom. The monoisotopic (exact) mass is 378 g/mol. The highest BCUT2D eigenvalue weighted by Crippen LogP contribution is 2.29. The van der Waals surface area contributed by atoms with Crippen molar-refractivity contribution in [3.05, 3.63) is 46.5 Å². The van der Waals surface area contributed by atoms with Crippen LogP contribution in [-0.4, -0.2) is 60.9 Å². The van der Waals surface area contributed by atoms with Crippen molar-refractivity contribution in [3.8, 4) is 11.8 Å². The molecular weight excluding hydrogens is 364 g/mol. The van der Waals surface area contributed by atoms with E-state index < -0.39 is 37.1 Å². The van der Waals surface area contributed by atoms with E-state index >= 15 is 0 Å². The third kappa shape index (κ3) is 3.55. The van der Waals surface area contributed by atoms with Gasteiger partial charge in [-0.1, -0.05) is 17.5 Å². The number of aromatic nitrogens is 3. The lowest BCUT2D eigenvalue weighted by Gasteiger charge is -2.15. The van der Waals surface area contributed by atoms with Crippen LogP contribution in [0.4, 0.5) is 0 Å². The van der Waals surface area contributed by atoms with Crippen LogP contribution in [0.1, 0.15) is 28.2 Å². The Morgan fingerprint density at radius 3 is 2.54 bits per heavy atom. The van der Waals surface area contributed by atoms with E-state index in [1.165, 1.54) is 0 Å². The van der Waals surface area contributed by atoms with Crippen LogP contribution in [0.5, 0.6) is 0 Å². The summed E-state index contributed by atoms with van der Waals surface area (Å²) < 4.78 is 6.46. The van der Waals surface area contributed by atoms with Crippen LogP contribution in [0.15, 0.2) is 24.3 Å². The number of nitrogens with two attached hydrogens (primary N) is 1. The minimum Gasteiger partial charge on any atom is -0.394 e. The maximum atomic E-state index is 11.4. The molecule has 9 nitrogen and oxygen atoms in total. The first-order valence-corrected chi connectivity index (χ1v) is 7.95. The van der Waals surface area contributed by atoms with Gasteiger partial charge in [0.1, 0.15) is 18.3 Å². The number of primary amides is 1. The number of halogens is 1. The van der Waals surface area contributed by atoms with Crippen molar-refractivity contribution < 1.29 is 24.9 Å². The molecular formula is C16H15ClN4O5. The van der Waals surface area contributed by atoms with E-state index in [9.17, 15) is 20.1 Å². The summed E-state index contributed by atoms with van der Waals surface area (Å²) in [5.74, 6) is 4.35. The van der Waals surface area contributed by atoms with Crippen LogP contribution in [0.25, 0.3) is 0 Å². The molecule has 3 rings (SSSR count). The highest BCUT2D eigenvalue weighted by molar-refractivity contribution is 6.30. The van der Waals surface area contributed by atoms with E-state index in [1.807, 2.05) is 0 Å². The third-order valence-electron chi connectivity index (χ3n) is 3.77. The summed E-state index contributed by atoms with van der Waals surface area (Å²) in [7, 11) is 0. The molecule has 1 aromatic heterocycles. The fourth-order valence-electron chi connectivity index (χ4n) is 2.43. The molecule has 0 spiro atoms. The topological polar surface area (TPSA) is 144 Å². The van der Waals surface area contributed by atoms with Gasteiger partial charge in [-0.2, -0.15) is 4.98 Å². The Kier molecular flexibility index (Phi) is 5.22. The Bertz CT molecular complexity index is 873. The summed E-state index contributed by atoms with van der Waals surface area (Å²) >= 11 is 5.82. The number of aliphatic hydroxyl groups is 3. The second-order valence-corrected chi connectivity index (χ2v) is 5.99.